The Bertz CT molecular complexity index is 1490. The van der Waals surface area contributed by atoms with Gasteiger partial charge in [-0.25, -0.2) is 14.8 Å². The van der Waals surface area contributed by atoms with Crippen molar-refractivity contribution >= 4 is 38.7 Å². The molecule has 0 aliphatic rings. The minimum absolute atomic E-state index is 0.197. The number of fused-ring (bicyclic) bond motifs is 2. The molecule has 0 radical (unpaired) electrons. The quantitative estimate of drug-likeness (QED) is 0.366. The lowest BCUT2D eigenvalue weighted by molar-refractivity contribution is -0.146. The summed E-state index contributed by atoms with van der Waals surface area (Å²) in [4.78, 5) is 61.5. The summed E-state index contributed by atoms with van der Waals surface area (Å²) in [6.07, 6.45) is 3.66. The van der Waals surface area contributed by atoms with E-state index in [0.29, 0.717) is 35.6 Å². The van der Waals surface area contributed by atoms with Gasteiger partial charge in [-0.2, -0.15) is 0 Å². The number of ether oxygens (including phenoxy) is 1. The summed E-state index contributed by atoms with van der Waals surface area (Å²) in [5.74, 6) is -0.277. The molecule has 12 heteroatoms. The van der Waals surface area contributed by atoms with Gasteiger partial charge in [-0.1, -0.05) is 20.3 Å². The van der Waals surface area contributed by atoms with Crippen LogP contribution < -0.4 is 16.8 Å². The van der Waals surface area contributed by atoms with Gasteiger partial charge in [0.2, 0.25) is 0 Å². The van der Waals surface area contributed by atoms with Crippen LogP contribution in [0.5, 0.6) is 0 Å². The Labute approximate surface area is 191 Å². The monoisotopic (exact) mass is 472 g/mol. The fourth-order valence-corrected chi connectivity index (χ4v) is 4.37. The second kappa shape index (κ2) is 9.53. The molecule has 0 amide bonds. The molecule has 4 aromatic rings. The second-order valence-electron chi connectivity index (χ2n) is 7.59. The standard InChI is InChI=1S/C21H24N6O5S/c1-3-5-8-27-17-16(18(29)24-21(27)31)26(7-4-2)14(23-17)11-32-15(28)10-25-12-22-19-13(20(25)30)6-9-33-19/h6,9,12H,3-5,7-8,10-11H2,1-2H3,(H,24,29,31). The van der Waals surface area contributed by atoms with E-state index in [1.165, 1.54) is 26.8 Å². The van der Waals surface area contributed by atoms with Crippen molar-refractivity contribution in [3.05, 3.63) is 54.8 Å². The third-order valence-electron chi connectivity index (χ3n) is 5.26. The summed E-state index contributed by atoms with van der Waals surface area (Å²) in [6, 6.07) is 1.67. The molecule has 0 fully saturated rings. The molecule has 11 nitrogen and oxygen atoms in total. The van der Waals surface area contributed by atoms with Gasteiger partial charge in [-0.15, -0.1) is 11.3 Å². The predicted molar refractivity (Wildman–Crippen MR) is 123 cm³/mol. The first kappa shape index (κ1) is 22.6. The summed E-state index contributed by atoms with van der Waals surface area (Å²) in [5.41, 5.74) is -0.797. The molecule has 0 atom stereocenters. The van der Waals surface area contributed by atoms with Crippen molar-refractivity contribution in [3.8, 4) is 0 Å². The van der Waals surface area contributed by atoms with Crippen LogP contribution in [0.25, 0.3) is 21.4 Å². The Kier molecular flexibility index (Phi) is 6.54. The Morgan fingerprint density at radius 1 is 1.15 bits per heavy atom. The van der Waals surface area contributed by atoms with E-state index in [4.69, 9.17) is 4.74 Å². The largest absolute Gasteiger partial charge is 0.456 e. The number of carbonyl (C=O) groups excluding carboxylic acids is 1. The zero-order chi connectivity index (χ0) is 23.5. The minimum atomic E-state index is -0.638. The number of esters is 1. The molecule has 0 bridgehead atoms. The van der Waals surface area contributed by atoms with E-state index in [-0.39, 0.29) is 29.9 Å². The Balaban J connectivity index is 1.61. The van der Waals surface area contributed by atoms with Crippen LogP contribution in [-0.2, 0) is 35.8 Å². The molecule has 174 valence electrons. The van der Waals surface area contributed by atoms with Crippen LogP contribution in [0.3, 0.4) is 0 Å². The summed E-state index contributed by atoms with van der Waals surface area (Å²) in [6.45, 7) is 4.35. The maximum atomic E-state index is 12.6. The average molecular weight is 473 g/mol. The van der Waals surface area contributed by atoms with Gasteiger partial charge >= 0.3 is 11.7 Å². The predicted octanol–water partition coefficient (Wildman–Crippen LogP) is 1.61. The van der Waals surface area contributed by atoms with Gasteiger partial charge in [0, 0.05) is 13.1 Å². The van der Waals surface area contributed by atoms with Crippen molar-refractivity contribution in [2.45, 2.75) is 59.4 Å². The highest BCUT2D eigenvalue weighted by molar-refractivity contribution is 7.16. The summed E-state index contributed by atoms with van der Waals surface area (Å²) in [5, 5.41) is 2.21. The zero-order valence-electron chi connectivity index (χ0n) is 18.4. The van der Waals surface area contributed by atoms with Crippen LogP contribution in [0.2, 0.25) is 0 Å². The maximum absolute atomic E-state index is 12.6. The first-order valence-electron chi connectivity index (χ1n) is 10.7. The highest BCUT2D eigenvalue weighted by Crippen LogP contribution is 2.15. The average Bonchev–Trinajstić information content (AvgIpc) is 3.40. The van der Waals surface area contributed by atoms with Crippen molar-refractivity contribution in [2.75, 3.05) is 0 Å². The summed E-state index contributed by atoms with van der Waals surface area (Å²) >= 11 is 1.35. The van der Waals surface area contributed by atoms with Crippen molar-refractivity contribution in [2.24, 2.45) is 0 Å². The lowest BCUT2D eigenvalue weighted by Crippen LogP contribution is -2.31. The molecule has 0 aliphatic heterocycles. The van der Waals surface area contributed by atoms with Gasteiger partial charge in [-0.05, 0) is 24.3 Å². The molecule has 0 saturated carbocycles. The number of nitrogens with one attached hydrogen (secondary N) is 1. The Morgan fingerprint density at radius 3 is 2.73 bits per heavy atom. The molecule has 33 heavy (non-hydrogen) atoms. The third-order valence-corrected chi connectivity index (χ3v) is 6.08. The number of rotatable bonds is 9. The van der Waals surface area contributed by atoms with Crippen LogP contribution in [0.1, 0.15) is 38.9 Å². The number of aromatic amines is 1. The van der Waals surface area contributed by atoms with E-state index in [9.17, 15) is 19.2 Å². The van der Waals surface area contributed by atoms with E-state index in [1.807, 2.05) is 13.8 Å². The highest BCUT2D eigenvalue weighted by Gasteiger charge is 2.19. The smallest absolute Gasteiger partial charge is 0.330 e. The highest BCUT2D eigenvalue weighted by atomic mass is 32.1. The van der Waals surface area contributed by atoms with E-state index >= 15 is 0 Å². The van der Waals surface area contributed by atoms with Crippen molar-refractivity contribution in [1.29, 1.82) is 0 Å². The number of aryl methyl sites for hydroxylation is 2. The number of unbranched alkanes of at least 4 members (excludes halogenated alkanes) is 1. The van der Waals surface area contributed by atoms with Crippen LogP contribution in [-0.4, -0.2) is 34.6 Å². The second-order valence-corrected chi connectivity index (χ2v) is 8.49. The van der Waals surface area contributed by atoms with E-state index in [0.717, 1.165) is 12.8 Å². The van der Waals surface area contributed by atoms with Gasteiger partial charge < -0.3 is 9.30 Å². The van der Waals surface area contributed by atoms with E-state index < -0.39 is 17.2 Å². The summed E-state index contributed by atoms with van der Waals surface area (Å²) in [7, 11) is 0. The Hall–Kier alpha value is -3.54. The molecule has 0 saturated heterocycles. The normalized spacial score (nSPS) is 11.5. The number of carbonyl (C=O) groups is 1. The van der Waals surface area contributed by atoms with Crippen LogP contribution >= 0.6 is 11.3 Å². The topological polar surface area (TPSA) is 134 Å². The number of hydrogen-bond donors (Lipinski definition) is 1. The number of H-pyrrole nitrogens is 1. The van der Waals surface area contributed by atoms with E-state index in [1.54, 1.807) is 16.0 Å². The van der Waals surface area contributed by atoms with Gasteiger partial charge in [0.15, 0.2) is 11.2 Å². The molecule has 1 N–H and O–H groups in total. The third kappa shape index (κ3) is 4.38. The number of aromatic nitrogens is 6. The van der Waals surface area contributed by atoms with Gasteiger partial charge in [0.1, 0.15) is 23.8 Å². The van der Waals surface area contributed by atoms with Crippen molar-refractivity contribution in [3.63, 3.8) is 0 Å². The number of hydrogen-bond acceptors (Lipinski definition) is 8. The van der Waals surface area contributed by atoms with Crippen LogP contribution in [0.15, 0.2) is 32.2 Å². The Morgan fingerprint density at radius 2 is 1.97 bits per heavy atom. The minimum Gasteiger partial charge on any atom is -0.456 e. The van der Waals surface area contributed by atoms with E-state index in [2.05, 4.69) is 15.0 Å². The SMILES string of the molecule is CCCCn1c(=O)[nH]c(=O)c2c1nc(COC(=O)Cn1cnc3sccc3c1=O)n2CCC. The molecule has 4 aromatic heterocycles. The molecular formula is C21H24N6O5S. The zero-order valence-corrected chi connectivity index (χ0v) is 19.2. The van der Waals surface area contributed by atoms with Gasteiger partial charge in [0.25, 0.3) is 11.1 Å². The number of nitrogens with zero attached hydrogens (tertiary/aromatic N) is 5. The molecule has 0 aliphatic carbocycles. The molecular weight excluding hydrogens is 448 g/mol. The fourth-order valence-electron chi connectivity index (χ4n) is 3.65. The molecule has 0 aromatic carbocycles. The molecule has 4 rings (SSSR count). The first-order chi connectivity index (χ1) is 15.9. The van der Waals surface area contributed by atoms with Crippen molar-refractivity contribution < 1.29 is 9.53 Å². The van der Waals surface area contributed by atoms with Crippen LogP contribution in [0.4, 0.5) is 0 Å². The molecule has 4 heterocycles. The summed E-state index contributed by atoms with van der Waals surface area (Å²) < 4.78 is 9.69. The van der Waals surface area contributed by atoms with Gasteiger partial charge in [0.05, 0.1) is 11.7 Å². The van der Waals surface area contributed by atoms with Crippen LogP contribution in [0, 0.1) is 0 Å². The van der Waals surface area contributed by atoms with Crippen molar-refractivity contribution in [1.82, 2.24) is 28.7 Å². The first-order valence-corrected chi connectivity index (χ1v) is 11.6. The molecule has 0 spiro atoms. The molecule has 0 unspecified atom stereocenters. The number of imidazole rings is 1. The lowest BCUT2D eigenvalue weighted by Gasteiger charge is -2.09. The maximum Gasteiger partial charge on any atom is 0.330 e. The fraction of sp³-hybridized carbons (Fsp3) is 0.429. The number of thiophene rings is 1. The van der Waals surface area contributed by atoms with Gasteiger partial charge in [-0.3, -0.25) is 28.5 Å². The lowest BCUT2D eigenvalue weighted by atomic mass is 10.3.